The van der Waals surface area contributed by atoms with Crippen molar-refractivity contribution in [2.75, 3.05) is 19.1 Å². The summed E-state index contributed by atoms with van der Waals surface area (Å²) in [5, 5.41) is 7.55. The van der Waals surface area contributed by atoms with Crippen LogP contribution in [0.4, 0.5) is 8.78 Å². The summed E-state index contributed by atoms with van der Waals surface area (Å²) in [7, 11) is 0. The topological polar surface area (TPSA) is 48.2 Å². The number of hydrogen-bond acceptors (Lipinski definition) is 4. The van der Waals surface area contributed by atoms with Crippen molar-refractivity contribution < 1.29 is 17.9 Å². The van der Waals surface area contributed by atoms with Gasteiger partial charge in [-0.2, -0.15) is 0 Å². The van der Waals surface area contributed by atoms with Crippen molar-refractivity contribution >= 4 is 11.6 Å². The van der Waals surface area contributed by atoms with Crippen LogP contribution in [0, 0.1) is 0 Å². The third-order valence-corrected chi connectivity index (χ3v) is 2.00. The van der Waals surface area contributed by atoms with Crippen molar-refractivity contribution in [3.05, 3.63) is 11.8 Å². The molecular weight excluding hydrogens is 242 g/mol. The molecule has 1 aromatic rings. The maximum absolute atomic E-state index is 11.7. The Bertz CT molecular complexity index is 297. The van der Waals surface area contributed by atoms with Gasteiger partial charge in [-0.15, -0.1) is 21.8 Å². The Morgan fingerprint density at radius 3 is 2.56 bits per heavy atom. The summed E-state index contributed by atoms with van der Waals surface area (Å²) in [6.45, 7) is -0.408. The van der Waals surface area contributed by atoms with Crippen LogP contribution < -0.4 is 0 Å². The number of aromatic nitrogens is 2. The van der Waals surface area contributed by atoms with E-state index in [-0.39, 0.29) is 6.61 Å². The molecule has 7 heteroatoms. The standard InChI is InChI=1S/C9H13ClF2N2O2/c10-4-1-2-8-13-14-9(16-8)3-5-15-6-7(11)12/h7H,1-6H2. The van der Waals surface area contributed by atoms with E-state index in [1.54, 1.807) is 0 Å². The maximum atomic E-state index is 11.7. The van der Waals surface area contributed by atoms with Gasteiger partial charge in [0, 0.05) is 18.7 Å². The van der Waals surface area contributed by atoms with Gasteiger partial charge in [-0.3, -0.25) is 0 Å². The fourth-order valence-corrected chi connectivity index (χ4v) is 1.17. The summed E-state index contributed by atoms with van der Waals surface area (Å²) in [6.07, 6.45) is -0.693. The molecule has 92 valence electrons. The lowest BCUT2D eigenvalue weighted by Gasteiger charge is -1.99. The molecule has 0 radical (unpaired) electrons. The molecule has 0 saturated carbocycles. The van der Waals surface area contributed by atoms with E-state index in [1.807, 2.05) is 0 Å². The summed E-state index contributed by atoms with van der Waals surface area (Å²) in [5.74, 6) is 1.46. The second-order valence-electron chi connectivity index (χ2n) is 3.10. The number of alkyl halides is 3. The van der Waals surface area contributed by atoms with E-state index in [4.69, 9.17) is 20.8 Å². The van der Waals surface area contributed by atoms with Crippen molar-refractivity contribution in [1.82, 2.24) is 10.2 Å². The minimum Gasteiger partial charge on any atom is -0.425 e. The normalized spacial score (nSPS) is 11.2. The van der Waals surface area contributed by atoms with Gasteiger partial charge >= 0.3 is 0 Å². The summed E-state index contributed by atoms with van der Waals surface area (Å²) in [6, 6.07) is 0. The van der Waals surface area contributed by atoms with Crippen LogP contribution in [0.15, 0.2) is 4.42 Å². The van der Waals surface area contributed by atoms with E-state index >= 15 is 0 Å². The van der Waals surface area contributed by atoms with Gasteiger partial charge in [0.2, 0.25) is 11.8 Å². The van der Waals surface area contributed by atoms with E-state index in [0.717, 1.165) is 6.42 Å². The molecule has 0 bridgehead atoms. The second-order valence-corrected chi connectivity index (χ2v) is 3.48. The zero-order valence-electron chi connectivity index (χ0n) is 8.66. The van der Waals surface area contributed by atoms with Gasteiger partial charge < -0.3 is 9.15 Å². The third-order valence-electron chi connectivity index (χ3n) is 1.74. The predicted molar refractivity (Wildman–Crippen MR) is 53.9 cm³/mol. The molecule has 1 aromatic heterocycles. The van der Waals surface area contributed by atoms with E-state index in [2.05, 4.69) is 10.2 Å². The van der Waals surface area contributed by atoms with Crippen molar-refractivity contribution in [1.29, 1.82) is 0 Å². The Morgan fingerprint density at radius 1 is 1.25 bits per heavy atom. The third kappa shape index (κ3) is 5.37. The van der Waals surface area contributed by atoms with Crippen LogP contribution in [0.1, 0.15) is 18.2 Å². The lowest BCUT2D eigenvalue weighted by molar-refractivity contribution is 0.0173. The quantitative estimate of drug-likeness (QED) is 0.526. The molecule has 1 heterocycles. The monoisotopic (exact) mass is 254 g/mol. The predicted octanol–water partition coefficient (Wildman–Crippen LogP) is 2.07. The zero-order valence-corrected chi connectivity index (χ0v) is 9.42. The molecule has 1 rings (SSSR count). The van der Waals surface area contributed by atoms with E-state index < -0.39 is 13.0 Å². The number of rotatable bonds is 8. The Kier molecular flexibility index (Phi) is 6.25. The first-order chi connectivity index (χ1) is 7.72. The zero-order chi connectivity index (χ0) is 11.8. The Morgan fingerprint density at radius 2 is 1.94 bits per heavy atom. The second kappa shape index (κ2) is 7.51. The first kappa shape index (κ1) is 13.3. The SMILES string of the molecule is FC(F)COCCc1nnc(CCCCl)o1. The molecule has 0 aromatic carbocycles. The van der Waals surface area contributed by atoms with E-state index in [0.29, 0.717) is 30.5 Å². The van der Waals surface area contributed by atoms with Crippen molar-refractivity contribution in [2.24, 2.45) is 0 Å². The lowest BCUT2D eigenvalue weighted by Crippen LogP contribution is -2.07. The molecule has 4 nitrogen and oxygen atoms in total. The fourth-order valence-electron chi connectivity index (χ4n) is 1.04. The van der Waals surface area contributed by atoms with Gasteiger partial charge in [0.1, 0.15) is 6.61 Å². The van der Waals surface area contributed by atoms with Gasteiger partial charge in [-0.05, 0) is 6.42 Å². The van der Waals surface area contributed by atoms with Gasteiger partial charge in [0.15, 0.2) is 0 Å². The van der Waals surface area contributed by atoms with Crippen LogP contribution in [0.3, 0.4) is 0 Å². The van der Waals surface area contributed by atoms with Crippen molar-refractivity contribution in [2.45, 2.75) is 25.7 Å². The van der Waals surface area contributed by atoms with Gasteiger partial charge in [0.05, 0.1) is 6.61 Å². The van der Waals surface area contributed by atoms with Crippen LogP contribution in [0.25, 0.3) is 0 Å². The molecule has 0 aliphatic rings. The van der Waals surface area contributed by atoms with Crippen LogP contribution in [0.5, 0.6) is 0 Å². The van der Waals surface area contributed by atoms with Gasteiger partial charge in [-0.1, -0.05) is 0 Å². The van der Waals surface area contributed by atoms with Gasteiger partial charge in [-0.25, -0.2) is 8.78 Å². The first-order valence-electron chi connectivity index (χ1n) is 4.95. The molecule has 0 atom stereocenters. The highest BCUT2D eigenvalue weighted by molar-refractivity contribution is 6.17. The molecule has 16 heavy (non-hydrogen) atoms. The van der Waals surface area contributed by atoms with Crippen LogP contribution in [0.2, 0.25) is 0 Å². The highest BCUT2D eigenvalue weighted by atomic mass is 35.5. The van der Waals surface area contributed by atoms with E-state index in [1.165, 1.54) is 0 Å². The molecule has 0 aliphatic heterocycles. The maximum Gasteiger partial charge on any atom is 0.261 e. The van der Waals surface area contributed by atoms with E-state index in [9.17, 15) is 8.78 Å². The Labute approximate surface area is 96.9 Å². The average molecular weight is 255 g/mol. The minimum atomic E-state index is -2.44. The van der Waals surface area contributed by atoms with Crippen LogP contribution in [-0.2, 0) is 17.6 Å². The molecule has 0 amide bonds. The number of nitrogens with zero attached hydrogens (tertiary/aromatic N) is 2. The van der Waals surface area contributed by atoms with Crippen molar-refractivity contribution in [3.8, 4) is 0 Å². The minimum absolute atomic E-state index is 0.154. The fraction of sp³-hybridized carbons (Fsp3) is 0.778. The summed E-state index contributed by atoms with van der Waals surface area (Å²) in [5.41, 5.74) is 0. The molecule has 0 unspecified atom stereocenters. The number of ether oxygens (including phenoxy) is 1. The summed E-state index contributed by atoms with van der Waals surface area (Å²) < 4.78 is 33.4. The Balaban J connectivity index is 2.19. The molecule has 0 saturated heterocycles. The average Bonchev–Trinajstić information content (AvgIpc) is 2.69. The highest BCUT2D eigenvalue weighted by Crippen LogP contribution is 2.04. The summed E-state index contributed by atoms with van der Waals surface area (Å²) in [4.78, 5) is 0. The molecule has 0 spiro atoms. The number of aryl methyl sites for hydroxylation is 1. The largest absolute Gasteiger partial charge is 0.425 e. The molecule has 0 N–H and O–H groups in total. The highest BCUT2D eigenvalue weighted by Gasteiger charge is 2.06. The number of hydrogen-bond donors (Lipinski definition) is 0. The van der Waals surface area contributed by atoms with Crippen molar-refractivity contribution in [3.63, 3.8) is 0 Å². The lowest BCUT2D eigenvalue weighted by atomic mass is 10.3. The first-order valence-corrected chi connectivity index (χ1v) is 5.49. The molecule has 0 aliphatic carbocycles. The van der Waals surface area contributed by atoms with Gasteiger partial charge in [0.25, 0.3) is 6.43 Å². The number of halogens is 3. The van der Waals surface area contributed by atoms with Crippen LogP contribution in [-0.4, -0.2) is 35.7 Å². The molecular formula is C9H13ClF2N2O2. The van der Waals surface area contributed by atoms with Crippen LogP contribution >= 0.6 is 11.6 Å². The Hall–Kier alpha value is -0.750. The molecule has 0 fully saturated rings. The summed E-state index contributed by atoms with van der Waals surface area (Å²) >= 11 is 5.51. The smallest absolute Gasteiger partial charge is 0.261 e.